The minimum absolute atomic E-state index is 0.0844. The predicted molar refractivity (Wildman–Crippen MR) is 163 cm³/mol. The number of aryl methyl sites for hydroxylation is 3. The van der Waals surface area contributed by atoms with Crippen LogP contribution < -0.4 is 14.4 Å². The average molecular weight is 580 g/mol. The quantitative estimate of drug-likeness (QED) is 0.283. The Labute approximate surface area is 244 Å². The van der Waals surface area contributed by atoms with Crippen molar-refractivity contribution in [2.75, 3.05) is 24.5 Å². The number of nitrogens with zero attached hydrogens (tertiary/aromatic N) is 2. The number of hydrogen-bond donors (Lipinski definition) is 1. The van der Waals surface area contributed by atoms with E-state index in [9.17, 15) is 18.0 Å². The highest BCUT2D eigenvalue weighted by Gasteiger charge is 2.32. The van der Waals surface area contributed by atoms with E-state index in [2.05, 4.69) is 5.32 Å². The maximum atomic E-state index is 14.0. The second-order valence-electron chi connectivity index (χ2n) is 10.3. The molecule has 0 heterocycles. The van der Waals surface area contributed by atoms with Crippen LogP contribution in [0.15, 0.2) is 71.6 Å². The third kappa shape index (κ3) is 8.10. The molecule has 41 heavy (non-hydrogen) atoms. The normalized spacial score (nSPS) is 12.0. The molecule has 0 aliphatic heterocycles. The van der Waals surface area contributed by atoms with Gasteiger partial charge >= 0.3 is 0 Å². The van der Waals surface area contributed by atoms with E-state index in [-0.39, 0.29) is 17.3 Å². The highest BCUT2D eigenvalue weighted by atomic mass is 32.2. The Morgan fingerprint density at radius 1 is 0.927 bits per heavy atom. The zero-order valence-electron chi connectivity index (χ0n) is 24.8. The highest BCUT2D eigenvalue weighted by molar-refractivity contribution is 7.92. The summed E-state index contributed by atoms with van der Waals surface area (Å²) in [7, 11) is -2.53. The Balaban J connectivity index is 2.02. The lowest BCUT2D eigenvalue weighted by Gasteiger charge is -2.32. The monoisotopic (exact) mass is 579 g/mol. The molecule has 2 amide bonds. The molecule has 0 fully saturated rings. The smallest absolute Gasteiger partial charge is 0.264 e. The number of nitrogens with one attached hydrogen (secondary N) is 1. The molecule has 3 aromatic rings. The minimum atomic E-state index is -4.11. The van der Waals surface area contributed by atoms with Gasteiger partial charge in [0.1, 0.15) is 18.3 Å². The zero-order chi connectivity index (χ0) is 30.2. The molecule has 0 saturated heterocycles. The van der Waals surface area contributed by atoms with Crippen molar-refractivity contribution in [2.45, 2.75) is 64.9 Å². The molecule has 8 nitrogen and oxygen atoms in total. The van der Waals surface area contributed by atoms with Gasteiger partial charge in [0, 0.05) is 13.1 Å². The number of benzene rings is 3. The Morgan fingerprint density at radius 2 is 1.59 bits per heavy atom. The van der Waals surface area contributed by atoms with Crippen molar-refractivity contribution in [1.29, 1.82) is 0 Å². The number of rotatable bonds is 13. The minimum Gasteiger partial charge on any atom is -0.497 e. The molecular formula is C32H41N3O5S. The van der Waals surface area contributed by atoms with Crippen LogP contribution in [0.1, 0.15) is 48.9 Å². The number of sulfonamides is 1. The molecule has 1 N–H and O–H groups in total. The average Bonchev–Trinajstić information content (AvgIpc) is 2.96. The maximum Gasteiger partial charge on any atom is 0.264 e. The first-order valence-corrected chi connectivity index (χ1v) is 15.3. The third-order valence-electron chi connectivity index (χ3n) is 7.18. The summed E-state index contributed by atoms with van der Waals surface area (Å²) in [6, 6.07) is 18.2. The van der Waals surface area contributed by atoms with Crippen molar-refractivity contribution >= 4 is 27.5 Å². The van der Waals surface area contributed by atoms with Crippen LogP contribution in [0.2, 0.25) is 0 Å². The third-order valence-corrected chi connectivity index (χ3v) is 8.96. The summed E-state index contributed by atoms with van der Waals surface area (Å²) < 4.78 is 34.3. The van der Waals surface area contributed by atoms with Crippen LogP contribution in [-0.2, 0) is 26.2 Å². The van der Waals surface area contributed by atoms with Crippen molar-refractivity contribution in [2.24, 2.45) is 0 Å². The fraction of sp³-hybridized carbons (Fsp3) is 0.375. The number of hydrogen-bond acceptors (Lipinski definition) is 5. The summed E-state index contributed by atoms with van der Waals surface area (Å²) in [4.78, 5) is 28.6. The van der Waals surface area contributed by atoms with Crippen LogP contribution in [0.4, 0.5) is 5.69 Å². The van der Waals surface area contributed by atoms with Gasteiger partial charge in [0.15, 0.2) is 0 Å². The summed E-state index contributed by atoms with van der Waals surface area (Å²) in [5.74, 6) is -0.116. The molecule has 0 aromatic heterocycles. The Hall–Kier alpha value is -3.85. The number of methoxy groups -OCH3 is 1. The summed E-state index contributed by atoms with van der Waals surface area (Å²) in [6.45, 7) is 9.57. The van der Waals surface area contributed by atoms with E-state index in [0.717, 1.165) is 39.4 Å². The maximum absolute atomic E-state index is 14.0. The second kappa shape index (κ2) is 14.2. The Bertz CT molecular complexity index is 1440. The molecule has 220 valence electrons. The van der Waals surface area contributed by atoms with Gasteiger partial charge in [0.25, 0.3) is 10.0 Å². The zero-order valence-corrected chi connectivity index (χ0v) is 25.6. The van der Waals surface area contributed by atoms with E-state index < -0.39 is 28.5 Å². The molecule has 0 aliphatic rings. The van der Waals surface area contributed by atoms with Crippen molar-refractivity contribution in [3.8, 4) is 5.75 Å². The van der Waals surface area contributed by atoms with E-state index in [1.807, 2.05) is 45.9 Å². The van der Waals surface area contributed by atoms with E-state index in [4.69, 9.17) is 4.74 Å². The highest BCUT2D eigenvalue weighted by Crippen LogP contribution is 2.27. The van der Waals surface area contributed by atoms with E-state index in [1.54, 1.807) is 62.6 Å². The predicted octanol–water partition coefficient (Wildman–Crippen LogP) is 5.15. The largest absolute Gasteiger partial charge is 0.497 e. The number of carbonyl (C=O) groups excluding carboxylic acids is 2. The number of unbranched alkanes of at least 4 members (excludes halogenated alkanes) is 1. The first-order chi connectivity index (χ1) is 19.5. The van der Waals surface area contributed by atoms with Crippen LogP contribution in [0.3, 0.4) is 0 Å². The second-order valence-corrected chi connectivity index (χ2v) is 12.1. The van der Waals surface area contributed by atoms with E-state index >= 15 is 0 Å². The van der Waals surface area contributed by atoms with Crippen LogP contribution in [-0.4, -0.2) is 51.4 Å². The lowest BCUT2D eigenvalue weighted by atomic mass is 10.1. The number of carbonyl (C=O) groups is 2. The van der Waals surface area contributed by atoms with Gasteiger partial charge in [0.2, 0.25) is 11.8 Å². The molecule has 0 bridgehead atoms. The molecule has 3 aromatic carbocycles. The van der Waals surface area contributed by atoms with Crippen LogP contribution in [0, 0.1) is 20.8 Å². The molecule has 0 aliphatic carbocycles. The molecule has 9 heteroatoms. The van der Waals surface area contributed by atoms with Gasteiger partial charge in [-0.25, -0.2) is 8.42 Å². The summed E-state index contributed by atoms with van der Waals surface area (Å²) in [5.41, 5.74) is 3.99. The van der Waals surface area contributed by atoms with Crippen molar-refractivity contribution in [3.05, 3.63) is 89.0 Å². The molecule has 0 unspecified atom stereocenters. The molecule has 0 saturated carbocycles. The fourth-order valence-corrected chi connectivity index (χ4v) is 5.70. The van der Waals surface area contributed by atoms with Crippen LogP contribution >= 0.6 is 0 Å². The van der Waals surface area contributed by atoms with Gasteiger partial charge in [-0.05, 0) is 87.2 Å². The summed E-state index contributed by atoms with van der Waals surface area (Å²) >= 11 is 0. The summed E-state index contributed by atoms with van der Waals surface area (Å²) in [6.07, 6.45) is 1.74. The van der Waals surface area contributed by atoms with Gasteiger partial charge < -0.3 is 15.0 Å². The van der Waals surface area contributed by atoms with Gasteiger partial charge in [-0.1, -0.05) is 49.2 Å². The standard InChI is InChI=1S/C32H41N3O5S/c1-7-8-19-33-32(37)26(5)34(21-27-12-15-29(40-6)16-13-27)31(36)22-35(28-14-11-24(3)25(4)20-28)41(38,39)30-17-9-23(2)10-18-30/h9-18,20,26H,7-8,19,21-22H2,1-6H3,(H,33,37)/t26-/m0/s1. The lowest BCUT2D eigenvalue weighted by Crippen LogP contribution is -2.51. The first-order valence-electron chi connectivity index (χ1n) is 13.8. The van der Waals surface area contributed by atoms with Crippen molar-refractivity contribution in [3.63, 3.8) is 0 Å². The van der Waals surface area contributed by atoms with Crippen LogP contribution in [0.25, 0.3) is 0 Å². The van der Waals surface area contributed by atoms with E-state index in [1.165, 1.54) is 4.90 Å². The van der Waals surface area contributed by atoms with Gasteiger partial charge in [-0.2, -0.15) is 0 Å². The van der Waals surface area contributed by atoms with Crippen molar-refractivity contribution in [1.82, 2.24) is 10.2 Å². The first kappa shape index (κ1) is 31.7. The van der Waals surface area contributed by atoms with Gasteiger partial charge in [0.05, 0.1) is 17.7 Å². The molecule has 0 radical (unpaired) electrons. The fourth-order valence-electron chi connectivity index (χ4n) is 4.29. The Kier molecular flexibility index (Phi) is 10.9. The van der Waals surface area contributed by atoms with Gasteiger partial charge in [-0.3, -0.25) is 13.9 Å². The molecule has 1 atom stereocenters. The van der Waals surface area contributed by atoms with Crippen LogP contribution in [0.5, 0.6) is 5.75 Å². The number of amides is 2. The topological polar surface area (TPSA) is 96.0 Å². The lowest BCUT2D eigenvalue weighted by molar-refractivity contribution is -0.139. The van der Waals surface area contributed by atoms with Crippen molar-refractivity contribution < 1.29 is 22.7 Å². The number of anilines is 1. The summed E-state index contributed by atoms with van der Waals surface area (Å²) in [5, 5.41) is 2.90. The van der Waals surface area contributed by atoms with E-state index in [0.29, 0.717) is 18.0 Å². The van der Waals surface area contributed by atoms with Gasteiger partial charge in [-0.15, -0.1) is 0 Å². The number of ether oxygens (including phenoxy) is 1. The molecular weight excluding hydrogens is 538 g/mol. The molecule has 3 rings (SSSR count). The SMILES string of the molecule is CCCCNC(=O)[C@H](C)N(Cc1ccc(OC)cc1)C(=O)CN(c1ccc(C)c(C)c1)S(=O)(=O)c1ccc(C)cc1. The Morgan fingerprint density at radius 3 is 2.17 bits per heavy atom. The molecule has 0 spiro atoms.